The van der Waals surface area contributed by atoms with E-state index >= 15 is 0 Å². The van der Waals surface area contributed by atoms with E-state index in [2.05, 4.69) is 5.32 Å². The lowest BCUT2D eigenvalue weighted by atomic mass is 9.75. The van der Waals surface area contributed by atoms with E-state index in [-0.39, 0.29) is 17.4 Å². The monoisotopic (exact) mass is 304 g/mol. The standard InChI is InChI=1S/C17H24N2O3/c1-16(2,3)17(4)14(20)19(15(21)18-17)11-10-12-6-8-13(22-5)9-7-12/h6-9H,10-11H2,1-5H3,(H,18,21). The van der Waals surface area contributed by atoms with Crippen molar-refractivity contribution in [2.45, 2.75) is 39.7 Å². The van der Waals surface area contributed by atoms with E-state index in [0.717, 1.165) is 11.3 Å². The van der Waals surface area contributed by atoms with E-state index in [0.29, 0.717) is 13.0 Å². The van der Waals surface area contributed by atoms with Gasteiger partial charge in [-0.2, -0.15) is 0 Å². The Labute approximate surface area is 131 Å². The summed E-state index contributed by atoms with van der Waals surface area (Å²) in [7, 11) is 1.62. The quantitative estimate of drug-likeness (QED) is 0.870. The van der Waals surface area contributed by atoms with E-state index in [1.807, 2.05) is 45.0 Å². The molecule has 1 aromatic rings. The zero-order chi connectivity index (χ0) is 16.5. The van der Waals surface area contributed by atoms with Crippen LogP contribution in [0.4, 0.5) is 4.79 Å². The molecule has 120 valence electrons. The molecular formula is C17H24N2O3. The number of urea groups is 1. The largest absolute Gasteiger partial charge is 0.497 e. The second-order valence-electron chi connectivity index (χ2n) is 6.86. The number of ether oxygens (including phenoxy) is 1. The van der Waals surface area contributed by atoms with Crippen molar-refractivity contribution in [1.82, 2.24) is 10.2 Å². The van der Waals surface area contributed by atoms with Crippen LogP contribution in [0, 0.1) is 5.41 Å². The molecule has 1 heterocycles. The molecule has 5 nitrogen and oxygen atoms in total. The fraction of sp³-hybridized carbons (Fsp3) is 0.529. The van der Waals surface area contributed by atoms with Gasteiger partial charge < -0.3 is 10.1 Å². The Bertz CT molecular complexity index is 575. The van der Waals surface area contributed by atoms with E-state index in [9.17, 15) is 9.59 Å². The molecule has 3 amide bonds. The Balaban J connectivity index is 2.07. The summed E-state index contributed by atoms with van der Waals surface area (Å²) in [6.45, 7) is 8.04. The van der Waals surface area contributed by atoms with E-state index in [4.69, 9.17) is 4.74 Å². The zero-order valence-corrected chi connectivity index (χ0v) is 13.9. The molecule has 1 N–H and O–H groups in total. The molecular weight excluding hydrogens is 280 g/mol. The maximum absolute atomic E-state index is 12.6. The van der Waals surface area contributed by atoms with Crippen LogP contribution in [0.2, 0.25) is 0 Å². The Morgan fingerprint density at radius 2 is 1.77 bits per heavy atom. The first-order valence-corrected chi connectivity index (χ1v) is 7.46. The highest BCUT2D eigenvalue weighted by atomic mass is 16.5. The third-order valence-corrected chi connectivity index (χ3v) is 4.56. The first kappa shape index (κ1) is 16.3. The minimum atomic E-state index is -0.857. The zero-order valence-electron chi connectivity index (χ0n) is 13.9. The molecule has 0 aliphatic carbocycles. The van der Waals surface area contributed by atoms with Gasteiger partial charge in [0.25, 0.3) is 5.91 Å². The summed E-state index contributed by atoms with van der Waals surface area (Å²) in [6, 6.07) is 7.33. The molecule has 1 saturated heterocycles. The number of benzene rings is 1. The molecule has 1 unspecified atom stereocenters. The van der Waals surface area contributed by atoms with Gasteiger partial charge in [-0.3, -0.25) is 9.69 Å². The molecule has 22 heavy (non-hydrogen) atoms. The van der Waals surface area contributed by atoms with Crippen molar-refractivity contribution in [3.05, 3.63) is 29.8 Å². The molecule has 5 heteroatoms. The molecule has 0 saturated carbocycles. The van der Waals surface area contributed by atoms with Gasteiger partial charge in [-0.15, -0.1) is 0 Å². The minimum Gasteiger partial charge on any atom is -0.497 e. The number of imide groups is 1. The van der Waals surface area contributed by atoms with Crippen molar-refractivity contribution in [2.24, 2.45) is 5.41 Å². The van der Waals surface area contributed by atoms with Gasteiger partial charge >= 0.3 is 6.03 Å². The lowest BCUT2D eigenvalue weighted by Gasteiger charge is -2.35. The number of hydrogen-bond donors (Lipinski definition) is 1. The van der Waals surface area contributed by atoms with Crippen molar-refractivity contribution in [3.63, 3.8) is 0 Å². The van der Waals surface area contributed by atoms with Crippen LogP contribution in [-0.2, 0) is 11.2 Å². The molecule has 0 bridgehead atoms. The molecule has 1 aromatic carbocycles. The van der Waals surface area contributed by atoms with Crippen molar-refractivity contribution in [1.29, 1.82) is 0 Å². The molecule has 1 aliphatic heterocycles. The first-order valence-electron chi connectivity index (χ1n) is 7.46. The lowest BCUT2D eigenvalue weighted by molar-refractivity contribution is -0.134. The normalized spacial score (nSPS) is 22.0. The lowest BCUT2D eigenvalue weighted by Crippen LogP contribution is -2.54. The number of carbonyl (C=O) groups is 2. The summed E-state index contributed by atoms with van der Waals surface area (Å²) >= 11 is 0. The maximum atomic E-state index is 12.6. The van der Waals surface area contributed by atoms with Crippen LogP contribution in [0.1, 0.15) is 33.3 Å². The summed E-state index contributed by atoms with van der Waals surface area (Å²) in [6.07, 6.45) is 0.628. The summed E-state index contributed by atoms with van der Waals surface area (Å²) in [5, 5.41) is 2.84. The van der Waals surface area contributed by atoms with Gasteiger partial charge in [0.2, 0.25) is 0 Å². The highest BCUT2D eigenvalue weighted by Crippen LogP contribution is 2.35. The Hall–Kier alpha value is -2.04. The Kier molecular flexibility index (Phi) is 4.18. The number of methoxy groups -OCH3 is 1. The average molecular weight is 304 g/mol. The van der Waals surface area contributed by atoms with Gasteiger partial charge in [0.1, 0.15) is 11.3 Å². The smallest absolute Gasteiger partial charge is 0.325 e. The highest BCUT2D eigenvalue weighted by Gasteiger charge is 2.54. The number of amides is 3. The van der Waals surface area contributed by atoms with Crippen LogP contribution in [-0.4, -0.2) is 36.0 Å². The molecule has 1 aliphatic rings. The van der Waals surface area contributed by atoms with Crippen LogP contribution in [0.25, 0.3) is 0 Å². The second kappa shape index (κ2) is 5.63. The van der Waals surface area contributed by atoms with Gasteiger partial charge in [-0.1, -0.05) is 32.9 Å². The third-order valence-electron chi connectivity index (χ3n) is 4.56. The van der Waals surface area contributed by atoms with Crippen LogP contribution in [0.15, 0.2) is 24.3 Å². The summed E-state index contributed by atoms with van der Waals surface area (Å²) < 4.78 is 5.12. The fourth-order valence-electron chi connectivity index (χ4n) is 2.44. The van der Waals surface area contributed by atoms with Gasteiger partial charge in [-0.05, 0) is 36.5 Å². The van der Waals surface area contributed by atoms with Gasteiger partial charge in [0, 0.05) is 6.54 Å². The summed E-state index contributed by atoms with van der Waals surface area (Å²) in [5.41, 5.74) is -0.135. The number of rotatable bonds is 4. The van der Waals surface area contributed by atoms with Gasteiger partial charge in [0.05, 0.1) is 7.11 Å². The first-order chi connectivity index (χ1) is 10.2. The topological polar surface area (TPSA) is 58.6 Å². The number of hydrogen-bond acceptors (Lipinski definition) is 3. The summed E-state index contributed by atoms with van der Waals surface area (Å²) in [4.78, 5) is 26.1. The minimum absolute atomic E-state index is 0.154. The van der Waals surface area contributed by atoms with Crippen LogP contribution in [0.3, 0.4) is 0 Å². The fourth-order valence-corrected chi connectivity index (χ4v) is 2.44. The van der Waals surface area contributed by atoms with Crippen LogP contribution < -0.4 is 10.1 Å². The molecule has 1 fully saturated rings. The predicted molar refractivity (Wildman–Crippen MR) is 84.8 cm³/mol. The molecule has 0 spiro atoms. The molecule has 2 rings (SSSR count). The van der Waals surface area contributed by atoms with Crippen LogP contribution in [0.5, 0.6) is 5.75 Å². The van der Waals surface area contributed by atoms with Crippen molar-refractivity contribution in [2.75, 3.05) is 13.7 Å². The number of nitrogens with zero attached hydrogens (tertiary/aromatic N) is 1. The van der Waals surface area contributed by atoms with Gasteiger partial charge in [-0.25, -0.2) is 4.79 Å². The Morgan fingerprint density at radius 1 is 1.18 bits per heavy atom. The Morgan fingerprint density at radius 3 is 2.23 bits per heavy atom. The van der Waals surface area contributed by atoms with E-state index in [1.54, 1.807) is 14.0 Å². The maximum Gasteiger partial charge on any atom is 0.325 e. The van der Waals surface area contributed by atoms with Crippen molar-refractivity contribution < 1.29 is 14.3 Å². The number of nitrogens with one attached hydrogen (secondary N) is 1. The van der Waals surface area contributed by atoms with E-state index < -0.39 is 5.54 Å². The molecule has 0 aromatic heterocycles. The average Bonchev–Trinajstić information content (AvgIpc) is 2.68. The number of carbonyl (C=O) groups excluding carboxylic acids is 2. The molecule has 0 radical (unpaired) electrons. The summed E-state index contributed by atoms with van der Waals surface area (Å²) in [5.74, 6) is 0.637. The van der Waals surface area contributed by atoms with E-state index in [1.165, 1.54) is 4.90 Å². The van der Waals surface area contributed by atoms with Gasteiger partial charge in [0.15, 0.2) is 0 Å². The van der Waals surface area contributed by atoms with Crippen molar-refractivity contribution in [3.8, 4) is 5.75 Å². The predicted octanol–water partition coefficient (Wildman–Crippen LogP) is 2.59. The SMILES string of the molecule is COc1ccc(CCN2C(=O)NC(C)(C(C)(C)C)C2=O)cc1. The highest BCUT2D eigenvalue weighted by molar-refractivity contribution is 6.07. The molecule has 1 atom stereocenters. The third kappa shape index (κ3) is 2.80. The second-order valence-corrected chi connectivity index (χ2v) is 6.86. The van der Waals surface area contributed by atoms with Crippen LogP contribution >= 0.6 is 0 Å². The van der Waals surface area contributed by atoms with Crippen molar-refractivity contribution >= 4 is 11.9 Å².